The SMILES string of the molecule is COC(=O)c1cnc(N(CC(C)C)CC(C)C)cn1. The molecule has 5 nitrogen and oxygen atoms in total. The lowest BCUT2D eigenvalue weighted by Crippen LogP contribution is -2.32. The number of methoxy groups -OCH3 is 1. The van der Waals surface area contributed by atoms with Gasteiger partial charge in [0.15, 0.2) is 5.69 Å². The Morgan fingerprint density at radius 2 is 1.74 bits per heavy atom. The minimum atomic E-state index is -0.460. The molecule has 0 fully saturated rings. The number of ether oxygens (including phenoxy) is 1. The fourth-order valence-corrected chi connectivity index (χ4v) is 1.84. The first-order valence-electron chi connectivity index (χ1n) is 6.59. The lowest BCUT2D eigenvalue weighted by molar-refractivity contribution is 0.0593. The van der Waals surface area contributed by atoms with Gasteiger partial charge >= 0.3 is 5.97 Å². The number of aromatic nitrogens is 2. The van der Waals surface area contributed by atoms with Gasteiger partial charge in [0, 0.05) is 13.1 Å². The van der Waals surface area contributed by atoms with Crippen molar-refractivity contribution in [2.24, 2.45) is 11.8 Å². The third-order valence-corrected chi connectivity index (χ3v) is 2.53. The van der Waals surface area contributed by atoms with Crippen LogP contribution < -0.4 is 4.90 Å². The van der Waals surface area contributed by atoms with Crippen LogP contribution in [-0.4, -0.2) is 36.1 Å². The molecule has 0 aliphatic heterocycles. The maximum atomic E-state index is 11.3. The van der Waals surface area contributed by atoms with Crippen molar-refractivity contribution in [2.45, 2.75) is 27.7 Å². The molecule has 0 saturated heterocycles. The molecule has 5 heteroatoms. The summed E-state index contributed by atoms with van der Waals surface area (Å²) in [6, 6.07) is 0. The summed E-state index contributed by atoms with van der Waals surface area (Å²) in [6.07, 6.45) is 3.10. The number of hydrogen-bond acceptors (Lipinski definition) is 5. The Morgan fingerprint density at radius 3 is 2.11 bits per heavy atom. The van der Waals surface area contributed by atoms with E-state index < -0.39 is 5.97 Å². The van der Waals surface area contributed by atoms with E-state index in [1.807, 2.05) is 0 Å². The van der Waals surface area contributed by atoms with Crippen molar-refractivity contribution in [1.29, 1.82) is 0 Å². The maximum Gasteiger partial charge on any atom is 0.358 e. The second-order valence-electron chi connectivity index (χ2n) is 5.44. The van der Waals surface area contributed by atoms with Gasteiger partial charge in [-0.2, -0.15) is 0 Å². The Morgan fingerprint density at radius 1 is 1.16 bits per heavy atom. The highest BCUT2D eigenvalue weighted by Crippen LogP contribution is 2.14. The van der Waals surface area contributed by atoms with Gasteiger partial charge in [0.2, 0.25) is 0 Å². The van der Waals surface area contributed by atoms with Gasteiger partial charge in [-0.25, -0.2) is 14.8 Å². The van der Waals surface area contributed by atoms with Crippen LogP contribution in [0.3, 0.4) is 0 Å². The molecule has 0 aliphatic carbocycles. The molecule has 0 radical (unpaired) electrons. The van der Waals surface area contributed by atoms with Crippen LogP contribution in [0.25, 0.3) is 0 Å². The second-order valence-corrected chi connectivity index (χ2v) is 5.44. The predicted octanol–water partition coefficient (Wildman–Crippen LogP) is 2.38. The van der Waals surface area contributed by atoms with Gasteiger partial charge in [0.25, 0.3) is 0 Å². The first-order valence-corrected chi connectivity index (χ1v) is 6.59. The van der Waals surface area contributed by atoms with Gasteiger partial charge in [-0.3, -0.25) is 0 Å². The van der Waals surface area contributed by atoms with Gasteiger partial charge in [-0.05, 0) is 11.8 Å². The van der Waals surface area contributed by atoms with E-state index in [-0.39, 0.29) is 5.69 Å². The molecule has 0 aromatic carbocycles. The molecule has 1 rings (SSSR count). The Kier molecular flexibility index (Phi) is 5.73. The first kappa shape index (κ1) is 15.4. The Bertz CT molecular complexity index is 392. The van der Waals surface area contributed by atoms with E-state index in [9.17, 15) is 4.79 Å². The average Bonchev–Trinajstić information content (AvgIpc) is 2.36. The molecular weight excluding hydrogens is 242 g/mol. The minimum absolute atomic E-state index is 0.236. The van der Waals surface area contributed by atoms with Gasteiger partial charge in [0.1, 0.15) is 5.82 Å². The number of rotatable bonds is 6. The molecule has 19 heavy (non-hydrogen) atoms. The highest BCUT2D eigenvalue weighted by molar-refractivity contribution is 5.86. The van der Waals surface area contributed by atoms with Crippen molar-refractivity contribution >= 4 is 11.8 Å². The van der Waals surface area contributed by atoms with Crippen LogP contribution in [0.15, 0.2) is 12.4 Å². The van der Waals surface area contributed by atoms with Crippen LogP contribution in [0, 0.1) is 11.8 Å². The second kappa shape index (κ2) is 7.07. The number of carbonyl (C=O) groups is 1. The lowest BCUT2D eigenvalue weighted by Gasteiger charge is -2.27. The van der Waals surface area contributed by atoms with Crippen molar-refractivity contribution in [3.05, 3.63) is 18.1 Å². The topological polar surface area (TPSA) is 55.3 Å². The quantitative estimate of drug-likeness (QED) is 0.739. The zero-order valence-corrected chi connectivity index (χ0v) is 12.4. The standard InChI is InChI=1S/C14H23N3O2/c1-10(2)8-17(9-11(3)4)13-7-15-12(6-16-13)14(18)19-5/h6-7,10-11H,8-9H2,1-5H3. The Labute approximate surface area is 115 Å². The summed E-state index contributed by atoms with van der Waals surface area (Å²) in [5.41, 5.74) is 0.236. The third kappa shape index (κ3) is 4.85. The van der Waals surface area contributed by atoms with Crippen LogP contribution in [0.5, 0.6) is 0 Å². The largest absolute Gasteiger partial charge is 0.464 e. The van der Waals surface area contributed by atoms with Crippen LogP contribution in [0.4, 0.5) is 5.82 Å². The summed E-state index contributed by atoms with van der Waals surface area (Å²) in [7, 11) is 1.34. The molecule has 0 saturated carbocycles. The zero-order valence-electron chi connectivity index (χ0n) is 12.4. The molecule has 1 heterocycles. The molecule has 0 unspecified atom stereocenters. The number of anilines is 1. The molecule has 0 aliphatic rings. The summed E-state index contributed by atoms with van der Waals surface area (Å²) in [4.78, 5) is 21.9. The van der Waals surface area contributed by atoms with Crippen LogP contribution in [0.1, 0.15) is 38.2 Å². The molecule has 0 bridgehead atoms. The van der Waals surface area contributed by atoms with Crippen molar-refractivity contribution in [1.82, 2.24) is 9.97 Å². The van der Waals surface area contributed by atoms with Crippen LogP contribution in [0.2, 0.25) is 0 Å². The highest BCUT2D eigenvalue weighted by atomic mass is 16.5. The van der Waals surface area contributed by atoms with Crippen molar-refractivity contribution in [2.75, 3.05) is 25.1 Å². The summed E-state index contributed by atoms with van der Waals surface area (Å²) in [5, 5.41) is 0. The normalized spacial score (nSPS) is 10.9. The summed E-state index contributed by atoms with van der Waals surface area (Å²) in [5.74, 6) is 1.43. The van der Waals surface area contributed by atoms with Crippen molar-refractivity contribution in [3.63, 3.8) is 0 Å². The van der Waals surface area contributed by atoms with Crippen LogP contribution >= 0.6 is 0 Å². The fourth-order valence-electron chi connectivity index (χ4n) is 1.84. The summed E-state index contributed by atoms with van der Waals surface area (Å²) in [6.45, 7) is 10.5. The molecular formula is C14H23N3O2. The van der Waals surface area contributed by atoms with E-state index in [0.717, 1.165) is 18.9 Å². The smallest absolute Gasteiger partial charge is 0.358 e. The Hall–Kier alpha value is -1.65. The molecule has 0 amide bonds. The average molecular weight is 265 g/mol. The van der Waals surface area contributed by atoms with E-state index in [1.54, 1.807) is 6.20 Å². The Balaban J connectivity index is 2.87. The van der Waals surface area contributed by atoms with E-state index >= 15 is 0 Å². The van der Waals surface area contributed by atoms with Gasteiger partial charge in [0.05, 0.1) is 19.5 Å². The number of carbonyl (C=O) groups excluding carboxylic acids is 1. The molecule has 0 N–H and O–H groups in total. The lowest BCUT2D eigenvalue weighted by atomic mass is 10.1. The highest BCUT2D eigenvalue weighted by Gasteiger charge is 2.14. The summed E-state index contributed by atoms with van der Waals surface area (Å²) >= 11 is 0. The van der Waals surface area contributed by atoms with Gasteiger partial charge < -0.3 is 9.64 Å². The van der Waals surface area contributed by atoms with Gasteiger partial charge in [-0.1, -0.05) is 27.7 Å². The van der Waals surface area contributed by atoms with E-state index in [1.165, 1.54) is 13.3 Å². The molecule has 106 valence electrons. The number of hydrogen-bond donors (Lipinski definition) is 0. The van der Waals surface area contributed by atoms with Gasteiger partial charge in [-0.15, -0.1) is 0 Å². The molecule has 1 aromatic rings. The van der Waals surface area contributed by atoms with E-state index in [0.29, 0.717) is 11.8 Å². The first-order chi connectivity index (χ1) is 8.93. The minimum Gasteiger partial charge on any atom is -0.464 e. The fraction of sp³-hybridized carbons (Fsp3) is 0.643. The number of nitrogens with zero attached hydrogens (tertiary/aromatic N) is 3. The molecule has 0 atom stereocenters. The van der Waals surface area contributed by atoms with E-state index in [4.69, 9.17) is 0 Å². The maximum absolute atomic E-state index is 11.3. The van der Waals surface area contributed by atoms with E-state index in [2.05, 4.69) is 47.3 Å². The van der Waals surface area contributed by atoms with Crippen molar-refractivity contribution in [3.8, 4) is 0 Å². The molecule has 1 aromatic heterocycles. The van der Waals surface area contributed by atoms with Crippen molar-refractivity contribution < 1.29 is 9.53 Å². The molecule has 0 spiro atoms. The third-order valence-electron chi connectivity index (χ3n) is 2.53. The monoisotopic (exact) mass is 265 g/mol. The summed E-state index contributed by atoms with van der Waals surface area (Å²) < 4.78 is 4.61. The number of esters is 1. The predicted molar refractivity (Wildman–Crippen MR) is 75.3 cm³/mol. The zero-order chi connectivity index (χ0) is 14.4. The van der Waals surface area contributed by atoms with Crippen LogP contribution in [-0.2, 0) is 4.74 Å².